The van der Waals surface area contributed by atoms with Crippen LogP contribution in [0.25, 0.3) is 6.08 Å². The largest absolute Gasteiger partial charge is 0.452 e. The first-order valence-electron chi connectivity index (χ1n) is 8.73. The Labute approximate surface area is 159 Å². The molecule has 0 bridgehead atoms. The molecule has 0 aliphatic carbocycles. The predicted molar refractivity (Wildman–Crippen MR) is 104 cm³/mol. The Morgan fingerprint density at radius 3 is 2.33 bits per heavy atom. The minimum Gasteiger partial charge on any atom is -0.452 e. The number of hydrogen-bond donors (Lipinski definition) is 0. The van der Waals surface area contributed by atoms with Crippen molar-refractivity contribution < 1.29 is 19.1 Å². The Bertz CT molecular complexity index is 918. The lowest BCUT2D eigenvalue weighted by atomic mass is 9.86. The van der Waals surface area contributed by atoms with Crippen molar-refractivity contribution in [3.63, 3.8) is 0 Å². The number of allylic oxidation sites excluding steroid dienone is 1. The average Bonchev–Trinajstić information content (AvgIpc) is 2.90. The van der Waals surface area contributed by atoms with Gasteiger partial charge in [0, 0.05) is 20.2 Å². The minimum absolute atomic E-state index is 0.0714. The summed E-state index contributed by atoms with van der Waals surface area (Å²) < 4.78 is 10.9. The molecule has 2 aromatic rings. The van der Waals surface area contributed by atoms with Gasteiger partial charge in [-0.15, -0.1) is 0 Å². The van der Waals surface area contributed by atoms with Crippen molar-refractivity contribution in [3.8, 4) is 11.5 Å². The first-order valence-corrected chi connectivity index (χ1v) is 8.73. The van der Waals surface area contributed by atoms with Crippen molar-refractivity contribution >= 4 is 18.0 Å². The molecule has 140 valence electrons. The number of ether oxygens (including phenoxy) is 2. The number of nitrogens with zero attached hydrogens (tertiary/aromatic N) is 1. The van der Waals surface area contributed by atoms with Crippen LogP contribution in [0, 0.1) is 0 Å². The number of benzene rings is 2. The molecule has 1 heterocycles. The Kier molecular flexibility index (Phi) is 4.79. The molecule has 0 saturated carbocycles. The Hall–Kier alpha value is -3.08. The SMILES string of the molecule is CN(C)C(=O)Oc1ccc2c(c1)O/C(=C/c1ccc(C(C)(C)C)cc1)C2=O. The summed E-state index contributed by atoms with van der Waals surface area (Å²) in [6.07, 6.45) is 1.23. The van der Waals surface area contributed by atoms with Crippen LogP contribution in [-0.4, -0.2) is 30.9 Å². The van der Waals surface area contributed by atoms with Gasteiger partial charge in [0.2, 0.25) is 5.78 Å². The fourth-order valence-corrected chi connectivity index (χ4v) is 2.65. The normalized spacial score (nSPS) is 14.7. The second-order valence-corrected chi connectivity index (χ2v) is 7.73. The molecule has 1 amide bonds. The fraction of sp³-hybridized carbons (Fsp3) is 0.273. The van der Waals surface area contributed by atoms with E-state index in [0.717, 1.165) is 5.56 Å². The van der Waals surface area contributed by atoms with E-state index in [9.17, 15) is 9.59 Å². The second-order valence-electron chi connectivity index (χ2n) is 7.73. The molecular formula is C22H23NO4. The topological polar surface area (TPSA) is 55.8 Å². The highest BCUT2D eigenvalue weighted by molar-refractivity contribution is 6.14. The molecule has 0 spiro atoms. The molecule has 5 nitrogen and oxygen atoms in total. The third-order valence-corrected chi connectivity index (χ3v) is 4.29. The van der Waals surface area contributed by atoms with Crippen LogP contribution in [0.5, 0.6) is 11.5 Å². The van der Waals surface area contributed by atoms with E-state index in [-0.39, 0.29) is 17.0 Å². The highest BCUT2D eigenvalue weighted by Crippen LogP contribution is 2.35. The number of fused-ring (bicyclic) bond motifs is 1. The summed E-state index contributed by atoms with van der Waals surface area (Å²) in [6, 6.07) is 12.8. The molecule has 1 aliphatic rings. The Balaban J connectivity index is 1.82. The maximum atomic E-state index is 12.6. The zero-order chi connectivity index (χ0) is 19.8. The Morgan fingerprint density at radius 2 is 1.74 bits per heavy atom. The number of Topliss-reactive ketones (excluding diaryl/α,β-unsaturated/α-hetero) is 1. The van der Waals surface area contributed by atoms with Crippen molar-refractivity contribution in [3.05, 3.63) is 64.9 Å². The van der Waals surface area contributed by atoms with Crippen LogP contribution in [0.4, 0.5) is 4.79 Å². The number of carbonyl (C=O) groups excluding carboxylic acids is 2. The first kappa shape index (κ1) is 18.7. The van der Waals surface area contributed by atoms with Crippen molar-refractivity contribution in [2.75, 3.05) is 14.1 Å². The quantitative estimate of drug-likeness (QED) is 0.726. The lowest BCUT2D eigenvalue weighted by molar-refractivity contribution is 0.101. The number of rotatable bonds is 2. The summed E-state index contributed by atoms with van der Waals surface area (Å²) in [4.78, 5) is 25.5. The van der Waals surface area contributed by atoms with Gasteiger partial charge in [0.25, 0.3) is 0 Å². The van der Waals surface area contributed by atoms with Crippen LogP contribution in [0.15, 0.2) is 48.2 Å². The minimum atomic E-state index is -0.492. The van der Waals surface area contributed by atoms with Crippen LogP contribution in [0.1, 0.15) is 42.3 Å². The molecule has 0 aromatic heterocycles. The predicted octanol–water partition coefficient (Wildman–Crippen LogP) is 4.66. The van der Waals surface area contributed by atoms with E-state index in [2.05, 4.69) is 32.9 Å². The van der Waals surface area contributed by atoms with Gasteiger partial charge < -0.3 is 14.4 Å². The lowest BCUT2D eigenvalue weighted by Crippen LogP contribution is -2.25. The maximum Gasteiger partial charge on any atom is 0.414 e. The second kappa shape index (κ2) is 6.91. The summed E-state index contributed by atoms with van der Waals surface area (Å²) in [5.74, 6) is 0.789. The summed E-state index contributed by atoms with van der Waals surface area (Å²) in [5, 5.41) is 0. The molecule has 0 atom stereocenters. The summed E-state index contributed by atoms with van der Waals surface area (Å²) >= 11 is 0. The van der Waals surface area contributed by atoms with E-state index in [1.165, 1.54) is 10.5 Å². The molecule has 1 aliphatic heterocycles. The smallest absolute Gasteiger partial charge is 0.414 e. The van der Waals surface area contributed by atoms with E-state index in [1.807, 2.05) is 12.1 Å². The summed E-state index contributed by atoms with van der Waals surface area (Å²) in [6.45, 7) is 6.46. The molecule has 0 saturated heterocycles. The van der Waals surface area contributed by atoms with E-state index >= 15 is 0 Å². The molecule has 0 radical (unpaired) electrons. The Morgan fingerprint density at radius 1 is 1.07 bits per heavy atom. The van der Waals surface area contributed by atoms with Crippen molar-refractivity contribution in [1.29, 1.82) is 0 Å². The van der Waals surface area contributed by atoms with Gasteiger partial charge in [0.1, 0.15) is 11.5 Å². The zero-order valence-electron chi connectivity index (χ0n) is 16.2. The number of amides is 1. The standard InChI is InChI=1S/C22H23NO4/c1-22(2,3)15-8-6-14(7-9-15)12-19-20(24)17-11-10-16(13-18(17)27-19)26-21(25)23(4)5/h6-13H,1-5H3/b19-12+. The third-order valence-electron chi connectivity index (χ3n) is 4.29. The van der Waals surface area contributed by atoms with Gasteiger partial charge in [-0.3, -0.25) is 4.79 Å². The van der Waals surface area contributed by atoms with Gasteiger partial charge in [-0.2, -0.15) is 0 Å². The number of hydrogen-bond acceptors (Lipinski definition) is 4. The van der Waals surface area contributed by atoms with Gasteiger partial charge in [0.15, 0.2) is 5.76 Å². The molecule has 0 N–H and O–H groups in total. The highest BCUT2D eigenvalue weighted by Gasteiger charge is 2.28. The van der Waals surface area contributed by atoms with Crippen LogP contribution >= 0.6 is 0 Å². The van der Waals surface area contributed by atoms with Gasteiger partial charge in [-0.1, -0.05) is 45.0 Å². The molecule has 2 aromatic carbocycles. The number of carbonyl (C=O) groups is 2. The molecule has 0 fully saturated rings. The fourth-order valence-electron chi connectivity index (χ4n) is 2.65. The van der Waals surface area contributed by atoms with Gasteiger partial charge in [-0.05, 0) is 34.8 Å². The maximum absolute atomic E-state index is 12.6. The molecule has 3 rings (SSSR count). The van der Waals surface area contributed by atoms with Gasteiger partial charge in [0.05, 0.1) is 5.56 Å². The first-order chi connectivity index (χ1) is 12.6. The van der Waals surface area contributed by atoms with Crippen molar-refractivity contribution in [1.82, 2.24) is 4.90 Å². The molecule has 27 heavy (non-hydrogen) atoms. The molecule has 0 unspecified atom stereocenters. The summed E-state index contributed by atoms with van der Waals surface area (Å²) in [7, 11) is 3.20. The van der Waals surface area contributed by atoms with Crippen molar-refractivity contribution in [2.24, 2.45) is 0 Å². The monoisotopic (exact) mass is 365 g/mol. The van der Waals surface area contributed by atoms with Crippen molar-refractivity contribution in [2.45, 2.75) is 26.2 Å². The molecule has 5 heteroatoms. The van der Waals surface area contributed by atoms with E-state index < -0.39 is 6.09 Å². The van der Waals surface area contributed by atoms with Crippen LogP contribution in [-0.2, 0) is 5.41 Å². The lowest BCUT2D eigenvalue weighted by Gasteiger charge is -2.18. The van der Waals surface area contributed by atoms with E-state index in [4.69, 9.17) is 9.47 Å². The highest BCUT2D eigenvalue weighted by atomic mass is 16.6. The van der Waals surface area contributed by atoms with Gasteiger partial charge in [-0.25, -0.2) is 4.79 Å². The zero-order valence-corrected chi connectivity index (χ0v) is 16.2. The third kappa shape index (κ3) is 4.03. The van der Waals surface area contributed by atoms with Crippen LogP contribution < -0.4 is 9.47 Å². The number of ketones is 1. The summed E-state index contributed by atoms with van der Waals surface area (Å²) in [5.41, 5.74) is 2.64. The van der Waals surface area contributed by atoms with E-state index in [0.29, 0.717) is 17.1 Å². The van der Waals surface area contributed by atoms with Crippen LogP contribution in [0.3, 0.4) is 0 Å². The van der Waals surface area contributed by atoms with E-state index in [1.54, 1.807) is 38.4 Å². The van der Waals surface area contributed by atoms with Gasteiger partial charge >= 0.3 is 6.09 Å². The molecular weight excluding hydrogens is 342 g/mol. The van der Waals surface area contributed by atoms with Crippen LogP contribution in [0.2, 0.25) is 0 Å². The average molecular weight is 365 g/mol.